The molecule has 0 aromatic heterocycles. The lowest BCUT2D eigenvalue weighted by molar-refractivity contribution is -0.116. The smallest absolute Gasteiger partial charge is 0.261 e. The highest BCUT2D eigenvalue weighted by Gasteiger charge is 2.30. The maximum atomic E-state index is 12.9. The minimum Gasteiger partial charge on any atom is -0.495 e. The molecule has 36 heavy (non-hydrogen) atoms. The number of sulfonamides is 2. The van der Waals surface area contributed by atoms with E-state index in [0.717, 1.165) is 16.1 Å². The fourth-order valence-corrected chi connectivity index (χ4v) is 5.96. The highest BCUT2D eigenvalue weighted by Crippen LogP contribution is 2.31. The number of hydrogen-bond acceptors (Lipinski definition) is 6. The van der Waals surface area contributed by atoms with Crippen LogP contribution in [0, 0.1) is 6.92 Å². The summed E-state index contributed by atoms with van der Waals surface area (Å²) in [7, 11) is -6.28. The monoisotopic (exact) mass is 551 g/mol. The van der Waals surface area contributed by atoms with E-state index in [4.69, 9.17) is 16.3 Å². The Bertz CT molecular complexity index is 1480. The number of aryl methyl sites for hydroxylation is 1. The molecule has 192 valence electrons. The topological polar surface area (TPSA) is 122 Å². The first-order chi connectivity index (χ1) is 16.8. The van der Waals surface area contributed by atoms with Crippen LogP contribution in [0.15, 0.2) is 71.6 Å². The summed E-state index contributed by atoms with van der Waals surface area (Å²) in [6, 6.07) is 15.7. The molecule has 2 N–H and O–H groups in total. The minimum absolute atomic E-state index is 0.000640. The first-order valence-corrected chi connectivity index (χ1v) is 14.4. The Kier molecular flexibility index (Phi) is 8.17. The maximum Gasteiger partial charge on any atom is 0.261 e. The zero-order chi connectivity index (χ0) is 26.7. The van der Waals surface area contributed by atoms with Gasteiger partial charge in [-0.05, 0) is 74.0 Å². The summed E-state index contributed by atoms with van der Waals surface area (Å²) in [6.45, 7) is 3.28. The lowest BCUT2D eigenvalue weighted by atomic mass is 10.2. The highest BCUT2D eigenvalue weighted by atomic mass is 35.5. The molecular formula is C24H26ClN3O6S2. The molecule has 0 saturated heterocycles. The molecule has 0 spiro atoms. The second-order valence-corrected chi connectivity index (χ2v) is 12.0. The Morgan fingerprint density at radius 2 is 1.64 bits per heavy atom. The van der Waals surface area contributed by atoms with E-state index < -0.39 is 32.0 Å². The number of rotatable bonds is 9. The number of ether oxygens (including phenoxy) is 1. The van der Waals surface area contributed by atoms with E-state index in [1.807, 2.05) is 13.0 Å². The van der Waals surface area contributed by atoms with Crippen LogP contribution in [-0.4, -0.2) is 42.2 Å². The summed E-state index contributed by atoms with van der Waals surface area (Å²) >= 11 is 6.15. The molecule has 3 rings (SSSR count). The van der Waals surface area contributed by atoms with Crippen molar-refractivity contribution in [2.45, 2.75) is 24.8 Å². The Hall–Kier alpha value is -3.28. The SMILES string of the molecule is COc1ccc(N([C@@H](C)C(=O)Nc2ccc(S(=O)(=O)Nc3cccc(C)c3)cc2)S(C)(=O)=O)cc1Cl. The van der Waals surface area contributed by atoms with Crippen LogP contribution in [0.2, 0.25) is 5.02 Å². The number of nitrogens with zero attached hydrogens (tertiary/aromatic N) is 1. The van der Waals surface area contributed by atoms with Gasteiger partial charge in [-0.3, -0.25) is 13.8 Å². The van der Waals surface area contributed by atoms with Crippen LogP contribution in [0.3, 0.4) is 0 Å². The molecular weight excluding hydrogens is 526 g/mol. The fraction of sp³-hybridized carbons (Fsp3) is 0.208. The van der Waals surface area contributed by atoms with Gasteiger partial charge in [-0.25, -0.2) is 16.8 Å². The van der Waals surface area contributed by atoms with Gasteiger partial charge in [-0.15, -0.1) is 0 Å². The number of halogens is 1. The number of hydrogen-bond donors (Lipinski definition) is 2. The summed E-state index contributed by atoms with van der Waals surface area (Å²) in [6.07, 6.45) is 0.982. The Morgan fingerprint density at radius 1 is 0.972 bits per heavy atom. The molecule has 0 aliphatic rings. The molecule has 0 aliphatic heterocycles. The molecule has 1 amide bonds. The highest BCUT2D eigenvalue weighted by molar-refractivity contribution is 7.92. The summed E-state index contributed by atoms with van der Waals surface area (Å²) in [4.78, 5) is 12.9. The molecule has 12 heteroatoms. The second kappa shape index (κ2) is 10.8. The Labute approximate surface area is 216 Å². The van der Waals surface area contributed by atoms with Crippen LogP contribution in [-0.2, 0) is 24.8 Å². The molecule has 0 unspecified atom stereocenters. The number of methoxy groups -OCH3 is 1. The number of carbonyl (C=O) groups excluding carboxylic acids is 1. The third-order valence-electron chi connectivity index (χ3n) is 5.18. The molecule has 0 bridgehead atoms. The molecule has 0 heterocycles. The Morgan fingerprint density at radius 3 is 2.19 bits per heavy atom. The zero-order valence-electron chi connectivity index (χ0n) is 20.0. The van der Waals surface area contributed by atoms with Gasteiger partial charge in [0.15, 0.2) is 0 Å². The second-order valence-electron chi connectivity index (χ2n) is 8.04. The third kappa shape index (κ3) is 6.48. The van der Waals surface area contributed by atoms with E-state index in [1.165, 1.54) is 56.5 Å². The van der Waals surface area contributed by atoms with Crippen molar-refractivity contribution in [3.8, 4) is 5.75 Å². The Balaban J connectivity index is 1.78. The van der Waals surface area contributed by atoms with E-state index in [2.05, 4.69) is 10.0 Å². The molecule has 3 aromatic carbocycles. The van der Waals surface area contributed by atoms with E-state index >= 15 is 0 Å². The van der Waals surface area contributed by atoms with Crippen molar-refractivity contribution < 1.29 is 26.4 Å². The quantitative estimate of drug-likeness (QED) is 0.410. The van der Waals surface area contributed by atoms with Crippen LogP contribution in [0.1, 0.15) is 12.5 Å². The molecule has 0 aliphatic carbocycles. The van der Waals surface area contributed by atoms with E-state index in [0.29, 0.717) is 17.1 Å². The van der Waals surface area contributed by atoms with Gasteiger partial charge in [0.25, 0.3) is 10.0 Å². The average molecular weight is 552 g/mol. The van der Waals surface area contributed by atoms with Gasteiger partial charge in [0, 0.05) is 11.4 Å². The van der Waals surface area contributed by atoms with Crippen molar-refractivity contribution >= 4 is 54.6 Å². The van der Waals surface area contributed by atoms with E-state index in [-0.39, 0.29) is 15.6 Å². The van der Waals surface area contributed by atoms with Crippen molar-refractivity contribution in [1.82, 2.24) is 0 Å². The number of carbonyl (C=O) groups is 1. The number of benzene rings is 3. The molecule has 1 atom stereocenters. The predicted octanol–water partition coefficient (Wildman–Crippen LogP) is 4.25. The van der Waals surface area contributed by atoms with E-state index in [1.54, 1.807) is 18.2 Å². The van der Waals surface area contributed by atoms with Crippen molar-refractivity contribution in [2.24, 2.45) is 0 Å². The first kappa shape index (κ1) is 27.3. The summed E-state index contributed by atoms with van der Waals surface area (Å²) in [5, 5.41) is 2.81. The van der Waals surface area contributed by atoms with Crippen molar-refractivity contribution in [2.75, 3.05) is 27.7 Å². The van der Waals surface area contributed by atoms with Gasteiger partial charge in [0.2, 0.25) is 15.9 Å². The summed E-state index contributed by atoms with van der Waals surface area (Å²) in [5.41, 5.74) is 1.82. The van der Waals surface area contributed by atoms with Crippen LogP contribution in [0.25, 0.3) is 0 Å². The molecule has 3 aromatic rings. The predicted molar refractivity (Wildman–Crippen MR) is 142 cm³/mol. The van der Waals surface area contributed by atoms with Gasteiger partial charge in [0.1, 0.15) is 11.8 Å². The molecule has 9 nitrogen and oxygen atoms in total. The number of anilines is 3. The summed E-state index contributed by atoms with van der Waals surface area (Å²) < 4.78 is 59.0. The zero-order valence-corrected chi connectivity index (χ0v) is 22.4. The lowest BCUT2D eigenvalue weighted by Crippen LogP contribution is -2.45. The van der Waals surface area contributed by atoms with Gasteiger partial charge >= 0.3 is 0 Å². The summed E-state index contributed by atoms with van der Waals surface area (Å²) in [5.74, 6) is -0.265. The molecule has 0 radical (unpaired) electrons. The van der Waals surface area contributed by atoms with Crippen LogP contribution in [0.5, 0.6) is 5.75 Å². The standard InChI is InChI=1S/C24H26ClN3O6S2/c1-16-6-5-7-19(14-16)27-36(32,33)21-11-8-18(9-12-21)26-24(29)17(2)28(35(4,30)31)20-10-13-23(34-3)22(25)15-20/h5-15,17,27H,1-4H3,(H,26,29)/t17-/m0/s1. The molecule has 0 fully saturated rings. The normalized spacial score (nSPS) is 12.5. The van der Waals surface area contributed by atoms with Crippen molar-refractivity contribution in [1.29, 1.82) is 0 Å². The largest absolute Gasteiger partial charge is 0.495 e. The minimum atomic E-state index is -3.86. The number of amides is 1. The van der Waals surface area contributed by atoms with Crippen molar-refractivity contribution in [3.63, 3.8) is 0 Å². The van der Waals surface area contributed by atoms with Crippen molar-refractivity contribution in [3.05, 3.63) is 77.3 Å². The lowest BCUT2D eigenvalue weighted by Gasteiger charge is -2.28. The van der Waals surface area contributed by atoms with Crippen LogP contribution in [0.4, 0.5) is 17.1 Å². The van der Waals surface area contributed by atoms with Gasteiger partial charge < -0.3 is 10.1 Å². The first-order valence-electron chi connectivity index (χ1n) is 10.6. The van der Waals surface area contributed by atoms with Gasteiger partial charge in [-0.2, -0.15) is 0 Å². The molecule has 0 saturated carbocycles. The van der Waals surface area contributed by atoms with E-state index in [9.17, 15) is 21.6 Å². The third-order valence-corrected chi connectivity index (χ3v) is 8.12. The van der Waals surface area contributed by atoms with Crippen LogP contribution >= 0.6 is 11.6 Å². The fourth-order valence-electron chi connectivity index (χ4n) is 3.49. The van der Waals surface area contributed by atoms with Gasteiger partial charge in [0.05, 0.1) is 29.0 Å². The number of nitrogens with one attached hydrogen (secondary N) is 2. The maximum absolute atomic E-state index is 12.9. The van der Waals surface area contributed by atoms with Gasteiger partial charge in [-0.1, -0.05) is 23.7 Å². The average Bonchev–Trinajstić information content (AvgIpc) is 2.78. The van der Waals surface area contributed by atoms with Crippen LogP contribution < -0.4 is 19.1 Å².